The normalized spacial score (nSPS) is 11.8. The molecule has 1 aromatic carbocycles. The van der Waals surface area contributed by atoms with Crippen molar-refractivity contribution in [3.8, 4) is 5.75 Å². The van der Waals surface area contributed by atoms with Crippen molar-refractivity contribution in [1.82, 2.24) is 0 Å². The van der Waals surface area contributed by atoms with Crippen LogP contribution in [0.4, 0.5) is 17.1 Å². The molecule has 0 N–H and O–H groups in total. The van der Waals surface area contributed by atoms with Gasteiger partial charge >= 0.3 is 16.8 Å². The molecule has 0 aliphatic heterocycles. The van der Waals surface area contributed by atoms with Crippen LogP contribution < -0.4 is 4.74 Å². The summed E-state index contributed by atoms with van der Waals surface area (Å²) in [5.74, 6) is -2.01. The van der Waals surface area contributed by atoms with Gasteiger partial charge < -0.3 is 4.74 Å². The van der Waals surface area contributed by atoms with E-state index in [1.54, 1.807) is 0 Å². The smallest absolute Gasteiger partial charge is 0.387 e. The highest BCUT2D eigenvalue weighted by molar-refractivity contribution is 7.86. The second-order valence-electron chi connectivity index (χ2n) is 2.41. The van der Waals surface area contributed by atoms with Gasteiger partial charge in [-0.3, -0.25) is 0 Å². The van der Waals surface area contributed by atoms with Crippen LogP contribution in [-0.4, -0.2) is 15.0 Å². The molecule has 3 nitrogen and oxygen atoms in total. The minimum atomic E-state index is -5.30. The molecule has 0 bridgehead atoms. The molecule has 0 saturated carbocycles. The Morgan fingerprint density at radius 2 is 1.87 bits per heavy atom. The molecule has 0 aliphatic carbocycles. The van der Waals surface area contributed by atoms with Crippen molar-refractivity contribution in [2.45, 2.75) is 11.5 Å². The first kappa shape index (κ1) is 11.8. The second kappa shape index (κ2) is 4.05. The molecule has 0 heterocycles. The lowest BCUT2D eigenvalue weighted by Gasteiger charge is -2.07. The van der Waals surface area contributed by atoms with Crippen molar-refractivity contribution in [2.24, 2.45) is 0 Å². The molecule has 0 aromatic heterocycles. The van der Waals surface area contributed by atoms with Crippen molar-refractivity contribution in [2.75, 3.05) is 0 Å². The third-order valence-electron chi connectivity index (χ3n) is 1.38. The summed E-state index contributed by atoms with van der Waals surface area (Å²) in [5, 5.41) is 0. The summed E-state index contributed by atoms with van der Waals surface area (Å²) in [6.45, 7) is -3.32. The first-order chi connectivity index (χ1) is 6.80. The summed E-state index contributed by atoms with van der Waals surface area (Å²) in [5.41, 5.74) is 0. The van der Waals surface area contributed by atoms with Gasteiger partial charge in [-0.05, 0) is 18.2 Å². The van der Waals surface area contributed by atoms with Crippen LogP contribution in [0.3, 0.4) is 0 Å². The first-order valence-corrected chi connectivity index (χ1v) is 4.88. The van der Waals surface area contributed by atoms with Crippen LogP contribution in [0.15, 0.2) is 23.1 Å². The fourth-order valence-electron chi connectivity index (χ4n) is 0.866. The molecule has 0 atom stereocenters. The van der Waals surface area contributed by atoms with E-state index in [-0.39, 0.29) is 6.07 Å². The maximum Gasteiger partial charge on any atom is 0.387 e. The zero-order valence-electron chi connectivity index (χ0n) is 6.95. The lowest BCUT2D eigenvalue weighted by Crippen LogP contribution is -2.06. The molecule has 0 spiro atoms. The summed E-state index contributed by atoms with van der Waals surface area (Å²) >= 11 is 0. The molecule has 84 valence electrons. The maximum absolute atomic E-state index is 12.5. The summed E-state index contributed by atoms with van der Waals surface area (Å²) < 4.78 is 73.1. The van der Waals surface area contributed by atoms with Gasteiger partial charge in [0.05, 0.1) is 0 Å². The molecule has 0 unspecified atom stereocenters. The van der Waals surface area contributed by atoms with E-state index in [1.165, 1.54) is 0 Å². The number of ether oxygens (including phenoxy) is 1. The molecule has 8 heteroatoms. The SMILES string of the molecule is O=S(=O)(F)c1cc(F)ccc1OC(F)F. The molecule has 1 aromatic rings. The Kier molecular flexibility index (Phi) is 3.18. The molecular formula is C7H4F4O3S. The lowest BCUT2D eigenvalue weighted by molar-refractivity contribution is -0.0518. The third kappa shape index (κ3) is 3.08. The molecule has 0 saturated heterocycles. The number of hydrogen-bond donors (Lipinski definition) is 0. The highest BCUT2D eigenvalue weighted by atomic mass is 32.3. The van der Waals surface area contributed by atoms with Crippen LogP contribution in [0.25, 0.3) is 0 Å². The van der Waals surface area contributed by atoms with E-state index in [4.69, 9.17) is 0 Å². The van der Waals surface area contributed by atoms with Gasteiger partial charge in [0.15, 0.2) is 0 Å². The van der Waals surface area contributed by atoms with E-state index in [1.807, 2.05) is 0 Å². The van der Waals surface area contributed by atoms with Crippen LogP contribution >= 0.6 is 0 Å². The Labute approximate surface area is 82.5 Å². The predicted octanol–water partition coefficient (Wildman–Crippen LogP) is 2.09. The quantitative estimate of drug-likeness (QED) is 0.604. The van der Waals surface area contributed by atoms with Crippen molar-refractivity contribution in [1.29, 1.82) is 0 Å². The van der Waals surface area contributed by atoms with Gasteiger partial charge in [-0.1, -0.05) is 0 Å². The Hall–Kier alpha value is -1.31. The number of hydrogen-bond acceptors (Lipinski definition) is 3. The van der Waals surface area contributed by atoms with Crippen LogP contribution in [0.2, 0.25) is 0 Å². The van der Waals surface area contributed by atoms with Crippen molar-refractivity contribution < 1.29 is 30.2 Å². The summed E-state index contributed by atoms with van der Waals surface area (Å²) in [4.78, 5) is -1.26. The standard InChI is InChI=1S/C7H4F4O3S/c8-4-1-2-5(14-7(9)10)6(3-4)15(11,12)13/h1-3,7H. The van der Waals surface area contributed by atoms with Crippen LogP contribution in [0.1, 0.15) is 0 Å². The summed E-state index contributed by atoms with van der Waals surface area (Å²) in [6, 6.07) is 1.54. The summed E-state index contributed by atoms with van der Waals surface area (Å²) in [6.07, 6.45) is 0. The molecule has 0 fully saturated rings. The fourth-order valence-corrected chi connectivity index (χ4v) is 1.48. The average molecular weight is 244 g/mol. The Bertz CT molecular complexity index is 457. The van der Waals surface area contributed by atoms with E-state index >= 15 is 0 Å². The topological polar surface area (TPSA) is 43.4 Å². The van der Waals surface area contributed by atoms with Crippen molar-refractivity contribution in [3.63, 3.8) is 0 Å². The van der Waals surface area contributed by atoms with Crippen LogP contribution in [-0.2, 0) is 10.2 Å². The van der Waals surface area contributed by atoms with Gasteiger partial charge in [-0.2, -0.15) is 17.2 Å². The Morgan fingerprint density at radius 3 is 2.33 bits per heavy atom. The molecule has 0 radical (unpaired) electrons. The van der Waals surface area contributed by atoms with Gasteiger partial charge in [0, 0.05) is 0 Å². The number of halogens is 4. The largest absolute Gasteiger partial charge is 0.433 e. The van der Waals surface area contributed by atoms with E-state index < -0.39 is 33.3 Å². The molecule has 1 rings (SSSR count). The monoisotopic (exact) mass is 244 g/mol. The molecule has 0 aliphatic rings. The molecular weight excluding hydrogens is 240 g/mol. The fraction of sp³-hybridized carbons (Fsp3) is 0.143. The number of alkyl halides is 2. The molecule has 15 heavy (non-hydrogen) atoms. The molecule has 0 amide bonds. The average Bonchev–Trinajstić information content (AvgIpc) is 2.05. The lowest BCUT2D eigenvalue weighted by atomic mass is 10.3. The van der Waals surface area contributed by atoms with E-state index in [9.17, 15) is 25.5 Å². The van der Waals surface area contributed by atoms with Gasteiger partial charge in [-0.25, -0.2) is 4.39 Å². The predicted molar refractivity (Wildman–Crippen MR) is 41.3 cm³/mol. The highest BCUT2D eigenvalue weighted by Crippen LogP contribution is 2.27. The zero-order chi connectivity index (χ0) is 11.6. The van der Waals surface area contributed by atoms with E-state index in [0.29, 0.717) is 12.1 Å². The number of benzene rings is 1. The second-order valence-corrected chi connectivity index (χ2v) is 3.72. The Morgan fingerprint density at radius 1 is 1.27 bits per heavy atom. The van der Waals surface area contributed by atoms with Gasteiger partial charge in [0.25, 0.3) is 0 Å². The van der Waals surface area contributed by atoms with Gasteiger partial charge in [0.2, 0.25) is 0 Å². The Balaban J connectivity index is 3.27. The van der Waals surface area contributed by atoms with Crippen LogP contribution in [0, 0.1) is 5.82 Å². The van der Waals surface area contributed by atoms with Gasteiger partial charge in [-0.15, -0.1) is 3.89 Å². The van der Waals surface area contributed by atoms with Gasteiger partial charge in [0.1, 0.15) is 16.5 Å². The third-order valence-corrected chi connectivity index (χ3v) is 2.23. The zero-order valence-corrected chi connectivity index (χ0v) is 7.77. The maximum atomic E-state index is 12.5. The van der Waals surface area contributed by atoms with Crippen molar-refractivity contribution in [3.05, 3.63) is 24.0 Å². The minimum absolute atomic E-state index is 0.257. The minimum Gasteiger partial charge on any atom is -0.433 e. The number of rotatable bonds is 3. The first-order valence-electron chi connectivity index (χ1n) is 3.50. The summed E-state index contributed by atoms with van der Waals surface area (Å²) in [7, 11) is -5.30. The van der Waals surface area contributed by atoms with E-state index in [0.717, 1.165) is 0 Å². The van der Waals surface area contributed by atoms with E-state index in [2.05, 4.69) is 4.74 Å². The highest BCUT2D eigenvalue weighted by Gasteiger charge is 2.21. The van der Waals surface area contributed by atoms with Crippen molar-refractivity contribution >= 4 is 10.2 Å². The van der Waals surface area contributed by atoms with Crippen LogP contribution in [0.5, 0.6) is 5.75 Å².